The Morgan fingerprint density at radius 3 is 2.60 bits per heavy atom. The van der Waals surface area contributed by atoms with Crippen LogP contribution in [0.4, 0.5) is 0 Å². The third-order valence-electron chi connectivity index (χ3n) is 3.89. The summed E-state index contributed by atoms with van der Waals surface area (Å²) in [5.41, 5.74) is 1.10. The van der Waals surface area contributed by atoms with Gasteiger partial charge in [0.15, 0.2) is 0 Å². The highest BCUT2D eigenvalue weighted by Crippen LogP contribution is 2.22. The summed E-state index contributed by atoms with van der Waals surface area (Å²) in [7, 11) is -1.65. The van der Waals surface area contributed by atoms with Crippen molar-refractivity contribution in [3.63, 3.8) is 0 Å². The minimum atomic E-state index is -3.23. The van der Waals surface area contributed by atoms with Gasteiger partial charge >= 0.3 is 0 Å². The van der Waals surface area contributed by atoms with E-state index in [1.54, 1.807) is 11.4 Å². The maximum absolute atomic E-state index is 12.4. The molecule has 1 saturated heterocycles. The third-order valence-corrected chi connectivity index (χ3v) is 5.94. The molecule has 5 heteroatoms. The fraction of sp³-hybridized carbons (Fsp3) is 0.600. The predicted octanol–water partition coefficient (Wildman–Crippen LogP) is 2.06. The zero-order chi connectivity index (χ0) is 14.6. The van der Waals surface area contributed by atoms with Crippen LogP contribution in [0.2, 0.25) is 0 Å². The molecule has 1 unspecified atom stereocenters. The largest absolute Gasteiger partial charge is 0.380 e. The van der Waals surface area contributed by atoms with Gasteiger partial charge in [0.05, 0.1) is 11.9 Å². The molecule has 0 bridgehead atoms. The number of ether oxygens (including phenoxy) is 1. The SMILES string of the molecule is COC(Cc1ccccc1)CS(=O)(=O)N1CCC[C@@H]1C. The van der Waals surface area contributed by atoms with Crippen molar-refractivity contribution >= 4 is 10.0 Å². The Balaban J connectivity index is 2.02. The van der Waals surface area contributed by atoms with Gasteiger partial charge in [-0.1, -0.05) is 30.3 Å². The van der Waals surface area contributed by atoms with Crippen LogP contribution in [-0.4, -0.2) is 44.3 Å². The molecule has 1 aromatic rings. The summed E-state index contributed by atoms with van der Waals surface area (Å²) in [4.78, 5) is 0. The molecule has 4 nitrogen and oxygen atoms in total. The van der Waals surface area contributed by atoms with Crippen LogP contribution >= 0.6 is 0 Å². The molecule has 0 amide bonds. The Morgan fingerprint density at radius 1 is 1.35 bits per heavy atom. The molecule has 0 radical (unpaired) electrons. The minimum Gasteiger partial charge on any atom is -0.380 e. The second-order valence-electron chi connectivity index (χ2n) is 5.43. The molecule has 0 spiro atoms. The van der Waals surface area contributed by atoms with Gasteiger partial charge in [-0.3, -0.25) is 0 Å². The molecule has 1 aliphatic rings. The lowest BCUT2D eigenvalue weighted by atomic mass is 10.1. The first kappa shape index (κ1) is 15.5. The summed E-state index contributed by atoms with van der Waals surface area (Å²) in [5.74, 6) is 0.0583. The van der Waals surface area contributed by atoms with E-state index in [1.165, 1.54) is 0 Å². The maximum atomic E-state index is 12.4. The second-order valence-corrected chi connectivity index (χ2v) is 7.39. The number of nitrogens with zero attached hydrogens (tertiary/aromatic N) is 1. The molecule has 1 heterocycles. The van der Waals surface area contributed by atoms with Crippen molar-refractivity contribution in [2.75, 3.05) is 19.4 Å². The van der Waals surface area contributed by atoms with Gasteiger partial charge in [-0.05, 0) is 31.7 Å². The van der Waals surface area contributed by atoms with E-state index < -0.39 is 10.0 Å². The molecule has 0 aromatic heterocycles. The van der Waals surface area contributed by atoms with Crippen molar-refractivity contribution in [2.24, 2.45) is 0 Å². The second kappa shape index (κ2) is 6.70. The first-order chi connectivity index (χ1) is 9.53. The van der Waals surface area contributed by atoms with Crippen LogP contribution in [0.3, 0.4) is 0 Å². The van der Waals surface area contributed by atoms with Crippen molar-refractivity contribution < 1.29 is 13.2 Å². The monoisotopic (exact) mass is 297 g/mol. The van der Waals surface area contributed by atoms with Crippen LogP contribution in [0.1, 0.15) is 25.3 Å². The molecular weight excluding hydrogens is 274 g/mol. The molecule has 0 aliphatic carbocycles. The molecule has 20 heavy (non-hydrogen) atoms. The van der Waals surface area contributed by atoms with Gasteiger partial charge in [0, 0.05) is 19.7 Å². The summed E-state index contributed by atoms with van der Waals surface area (Å²) in [6.07, 6.45) is 2.24. The van der Waals surface area contributed by atoms with E-state index in [0.717, 1.165) is 18.4 Å². The topological polar surface area (TPSA) is 46.6 Å². The Bertz CT molecular complexity index is 515. The van der Waals surface area contributed by atoms with E-state index in [2.05, 4.69) is 0 Å². The summed E-state index contributed by atoms with van der Waals surface area (Å²) in [6.45, 7) is 2.62. The summed E-state index contributed by atoms with van der Waals surface area (Å²) >= 11 is 0. The summed E-state index contributed by atoms with van der Waals surface area (Å²) in [5, 5.41) is 0. The average molecular weight is 297 g/mol. The van der Waals surface area contributed by atoms with Crippen LogP contribution in [-0.2, 0) is 21.2 Å². The molecular formula is C15H23NO3S. The van der Waals surface area contributed by atoms with E-state index in [9.17, 15) is 8.42 Å². The Labute approximate surface area is 121 Å². The smallest absolute Gasteiger partial charge is 0.216 e. The number of hydrogen-bond acceptors (Lipinski definition) is 3. The van der Waals surface area contributed by atoms with Gasteiger partial charge in [-0.15, -0.1) is 0 Å². The van der Waals surface area contributed by atoms with Crippen LogP contribution in [0.15, 0.2) is 30.3 Å². The zero-order valence-electron chi connectivity index (χ0n) is 12.2. The molecule has 1 aliphatic heterocycles. The van der Waals surface area contributed by atoms with E-state index in [0.29, 0.717) is 13.0 Å². The van der Waals surface area contributed by atoms with E-state index >= 15 is 0 Å². The van der Waals surface area contributed by atoms with E-state index in [1.807, 2.05) is 37.3 Å². The highest BCUT2D eigenvalue weighted by molar-refractivity contribution is 7.89. The predicted molar refractivity (Wildman–Crippen MR) is 80.1 cm³/mol. The highest BCUT2D eigenvalue weighted by atomic mass is 32.2. The van der Waals surface area contributed by atoms with Crippen molar-refractivity contribution in [1.29, 1.82) is 0 Å². The van der Waals surface area contributed by atoms with Crippen LogP contribution in [0.25, 0.3) is 0 Å². The number of methoxy groups -OCH3 is 1. The van der Waals surface area contributed by atoms with Gasteiger partial charge in [-0.25, -0.2) is 8.42 Å². The molecule has 2 atom stereocenters. The summed E-state index contributed by atoms with van der Waals surface area (Å²) in [6, 6.07) is 9.98. The van der Waals surface area contributed by atoms with Gasteiger partial charge in [0.1, 0.15) is 0 Å². The normalized spacial score (nSPS) is 22.0. The quantitative estimate of drug-likeness (QED) is 0.807. The zero-order valence-corrected chi connectivity index (χ0v) is 13.0. The minimum absolute atomic E-state index is 0.0583. The number of hydrogen-bond donors (Lipinski definition) is 0. The number of benzene rings is 1. The lowest BCUT2D eigenvalue weighted by Gasteiger charge is -2.24. The van der Waals surface area contributed by atoms with E-state index in [4.69, 9.17) is 4.74 Å². The fourth-order valence-corrected chi connectivity index (χ4v) is 4.71. The van der Waals surface area contributed by atoms with Crippen molar-refractivity contribution in [3.8, 4) is 0 Å². The summed E-state index contributed by atoms with van der Waals surface area (Å²) < 4.78 is 31.9. The Morgan fingerprint density at radius 2 is 2.05 bits per heavy atom. The number of rotatable bonds is 6. The van der Waals surface area contributed by atoms with E-state index in [-0.39, 0.29) is 17.9 Å². The van der Waals surface area contributed by atoms with Gasteiger partial charge in [-0.2, -0.15) is 4.31 Å². The van der Waals surface area contributed by atoms with Crippen LogP contribution in [0.5, 0.6) is 0 Å². The lowest BCUT2D eigenvalue weighted by molar-refractivity contribution is 0.120. The molecule has 1 fully saturated rings. The highest BCUT2D eigenvalue weighted by Gasteiger charge is 2.33. The number of sulfonamides is 1. The molecule has 2 rings (SSSR count). The van der Waals surface area contributed by atoms with Crippen molar-refractivity contribution in [2.45, 2.75) is 38.3 Å². The molecule has 0 saturated carbocycles. The standard InChI is InChI=1S/C15H23NO3S/c1-13-7-6-10-16(13)20(17,18)12-15(19-2)11-14-8-4-3-5-9-14/h3-5,8-9,13,15H,6-7,10-12H2,1-2H3/t13-,15?/m0/s1. The lowest BCUT2D eigenvalue weighted by Crippen LogP contribution is -2.39. The van der Waals surface area contributed by atoms with Gasteiger partial charge in [0.2, 0.25) is 10.0 Å². The van der Waals surface area contributed by atoms with Crippen LogP contribution < -0.4 is 0 Å². The Kier molecular flexibility index (Phi) is 5.18. The van der Waals surface area contributed by atoms with Crippen molar-refractivity contribution in [1.82, 2.24) is 4.31 Å². The maximum Gasteiger partial charge on any atom is 0.216 e. The first-order valence-corrected chi connectivity index (χ1v) is 8.70. The Hall–Kier alpha value is -0.910. The molecule has 0 N–H and O–H groups in total. The first-order valence-electron chi connectivity index (χ1n) is 7.09. The van der Waals surface area contributed by atoms with Crippen molar-refractivity contribution in [3.05, 3.63) is 35.9 Å². The van der Waals surface area contributed by atoms with Gasteiger partial charge in [0.25, 0.3) is 0 Å². The average Bonchev–Trinajstić information content (AvgIpc) is 2.86. The fourth-order valence-electron chi connectivity index (χ4n) is 2.74. The van der Waals surface area contributed by atoms with Crippen LogP contribution in [0, 0.1) is 0 Å². The van der Waals surface area contributed by atoms with Gasteiger partial charge < -0.3 is 4.74 Å². The molecule has 1 aromatic carbocycles. The third kappa shape index (κ3) is 3.81. The molecule has 112 valence electrons.